The van der Waals surface area contributed by atoms with E-state index in [2.05, 4.69) is 4.98 Å². The van der Waals surface area contributed by atoms with Crippen LogP contribution in [0, 0.1) is 0 Å². The lowest BCUT2D eigenvalue weighted by atomic mass is 10.1. The van der Waals surface area contributed by atoms with Gasteiger partial charge in [-0.1, -0.05) is 76.9 Å². The van der Waals surface area contributed by atoms with E-state index < -0.39 is 0 Å². The van der Waals surface area contributed by atoms with Crippen LogP contribution in [0.3, 0.4) is 0 Å². The number of aromatic nitrogens is 2. The maximum absolute atomic E-state index is 6.43. The highest BCUT2D eigenvalue weighted by molar-refractivity contribution is 8.22. The summed E-state index contributed by atoms with van der Waals surface area (Å²) in [7, 11) is 0. The summed E-state index contributed by atoms with van der Waals surface area (Å²) in [6.45, 7) is 0.993. The van der Waals surface area contributed by atoms with Gasteiger partial charge >= 0.3 is 0 Å². The molecule has 0 aliphatic heterocycles. The molecular formula is C19H15Cl3N2OS2. The smallest absolute Gasteiger partial charge is 0.220 e. The van der Waals surface area contributed by atoms with Gasteiger partial charge in [0.1, 0.15) is 6.61 Å². The monoisotopic (exact) mass is 456 g/mol. The van der Waals surface area contributed by atoms with Crippen molar-refractivity contribution in [1.82, 2.24) is 9.55 Å². The topological polar surface area (TPSA) is 27.1 Å². The van der Waals surface area contributed by atoms with Gasteiger partial charge in [0.2, 0.25) is 4.38 Å². The Morgan fingerprint density at radius 1 is 1.15 bits per heavy atom. The molecule has 140 valence electrons. The maximum Gasteiger partial charge on any atom is 0.220 e. The second-order valence-electron chi connectivity index (χ2n) is 5.67. The minimum Gasteiger partial charge on any atom is -0.474 e. The Morgan fingerprint density at radius 2 is 1.85 bits per heavy atom. The van der Waals surface area contributed by atoms with Gasteiger partial charge < -0.3 is 9.30 Å². The van der Waals surface area contributed by atoms with E-state index in [4.69, 9.17) is 51.8 Å². The number of thiocarbonyl (C=S) groups is 1. The van der Waals surface area contributed by atoms with Crippen LogP contribution in [-0.4, -0.2) is 13.9 Å². The van der Waals surface area contributed by atoms with Crippen LogP contribution >= 0.6 is 58.8 Å². The van der Waals surface area contributed by atoms with Gasteiger partial charge in [0.15, 0.2) is 0 Å². The molecule has 0 N–H and O–H groups in total. The first-order valence-electron chi connectivity index (χ1n) is 8.00. The lowest BCUT2D eigenvalue weighted by molar-refractivity contribution is 0.310. The van der Waals surface area contributed by atoms with E-state index in [0.29, 0.717) is 32.6 Å². The molecule has 0 aliphatic rings. The molecule has 1 atom stereocenters. The fourth-order valence-electron chi connectivity index (χ4n) is 2.50. The second-order valence-corrected chi connectivity index (χ2v) is 8.73. The zero-order chi connectivity index (χ0) is 19.2. The van der Waals surface area contributed by atoms with Crippen molar-refractivity contribution >= 4 is 63.2 Å². The summed E-state index contributed by atoms with van der Waals surface area (Å²) < 4.78 is 8.13. The highest BCUT2D eigenvalue weighted by Gasteiger charge is 2.23. The Bertz CT molecular complexity index is 882. The zero-order valence-electron chi connectivity index (χ0n) is 14.0. The Hall–Kier alpha value is -1.24. The summed E-state index contributed by atoms with van der Waals surface area (Å²) in [4.78, 5) is 4.09. The standard InChI is InChI=1S/C19H15Cl3N2OS2/c20-14-8-15(21)18(16(22)9-14)17(10-24-7-6-23-12-24)27-19(26)25-11-13-4-2-1-3-5-13/h1-9,12,17H,10-11H2. The van der Waals surface area contributed by atoms with Crippen molar-refractivity contribution in [2.24, 2.45) is 0 Å². The predicted molar refractivity (Wildman–Crippen MR) is 118 cm³/mol. The normalized spacial score (nSPS) is 12.0. The van der Waals surface area contributed by atoms with Crippen LogP contribution < -0.4 is 0 Å². The highest BCUT2D eigenvalue weighted by atomic mass is 35.5. The molecule has 1 unspecified atom stereocenters. The molecule has 0 saturated carbocycles. The average Bonchev–Trinajstić information content (AvgIpc) is 3.13. The summed E-state index contributed by atoms with van der Waals surface area (Å²) in [6.07, 6.45) is 5.33. The van der Waals surface area contributed by atoms with E-state index in [-0.39, 0.29) is 5.25 Å². The number of nitrogens with zero attached hydrogens (tertiary/aromatic N) is 2. The van der Waals surface area contributed by atoms with Crippen molar-refractivity contribution in [2.45, 2.75) is 18.4 Å². The minimum atomic E-state index is -0.153. The Morgan fingerprint density at radius 3 is 2.48 bits per heavy atom. The Labute approximate surface area is 182 Å². The largest absolute Gasteiger partial charge is 0.474 e. The molecule has 0 saturated heterocycles. The molecular weight excluding hydrogens is 443 g/mol. The molecule has 8 heteroatoms. The molecule has 2 aromatic carbocycles. The molecule has 3 aromatic rings. The molecule has 3 nitrogen and oxygen atoms in total. The summed E-state index contributed by atoms with van der Waals surface area (Å²) in [5, 5.41) is 1.33. The fraction of sp³-hybridized carbons (Fsp3) is 0.158. The first-order chi connectivity index (χ1) is 13.0. The van der Waals surface area contributed by atoms with Crippen molar-refractivity contribution in [2.75, 3.05) is 0 Å². The number of ether oxygens (including phenoxy) is 1. The maximum atomic E-state index is 6.43. The van der Waals surface area contributed by atoms with Crippen molar-refractivity contribution in [1.29, 1.82) is 0 Å². The third kappa shape index (κ3) is 5.87. The van der Waals surface area contributed by atoms with Crippen LogP contribution in [0.15, 0.2) is 61.2 Å². The zero-order valence-corrected chi connectivity index (χ0v) is 17.9. The molecule has 1 aromatic heterocycles. The molecule has 1 heterocycles. The summed E-state index contributed by atoms with van der Waals surface area (Å²) >= 11 is 25.8. The average molecular weight is 458 g/mol. The van der Waals surface area contributed by atoms with E-state index in [1.54, 1.807) is 24.7 Å². The molecule has 0 bridgehead atoms. The van der Waals surface area contributed by atoms with Crippen molar-refractivity contribution in [3.8, 4) is 0 Å². The summed E-state index contributed by atoms with van der Waals surface area (Å²) in [6, 6.07) is 13.2. The predicted octanol–water partition coefficient (Wildman–Crippen LogP) is 6.82. The number of benzene rings is 2. The fourth-order valence-corrected chi connectivity index (χ4v) is 5.10. The van der Waals surface area contributed by atoms with Crippen LogP contribution in [0.4, 0.5) is 0 Å². The number of hydrogen-bond donors (Lipinski definition) is 0. The van der Waals surface area contributed by atoms with Gasteiger partial charge in [-0.3, -0.25) is 0 Å². The third-order valence-corrected chi connectivity index (χ3v) is 5.97. The van der Waals surface area contributed by atoms with E-state index in [1.165, 1.54) is 11.8 Å². The molecule has 0 aliphatic carbocycles. The van der Waals surface area contributed by atoms with Gasteiger partial charge in [0.25, 0.3) is 0 Å². The van der Waals surface area contributed by atoms with Crippen LogP contribution in [-0.2, 0) is 17.9 Å². The van der Waals surface area contributed by atoms with Crippen molar-refractivity contribution in [3.63, 3.8) is 0 Å². The van der Waals surface area contributed by atoms with E-state index in [0.717, 1.165) is 11.1 Å². The highest BCUT2D eigenvalue weighted by Crippen LogP contribution is 2.41. The van der Waals surface area contributed by atoms with Crippen molar-refractivity contribution < 1.29 is 4.74 Å². The number of imidazole rings is 1. The van der Waals surface area contributed by atoms with Gasteiger partial charge in [-0.2, -0.15) is 0 Å². The quantitative estimate of drug-likeness (QED) is 0.379. The molecule has 0 spiro atoms. The molecule has 0 amide bonds. The first kappa shape index (κ1) is 20.5. The molecule has 27 heavy (non-hydrogen) atoms. The van der Waals surface area contributed by atoms with Crippen LogP contribution in [0.25, 0.3) is 0 Å². The summed E-state index contributed by atoms with van der Waals surface area (Å²) in [5.41, 5.74) is 1.82. The summed E-state index contributed by atoms with van der Waals surface area (Å²) in [5.74, 6) is 0. The first-order valence-corrected chi connectivity index (χ1v) is 10.4. The van der Waals surface area contributed by atoms with Gasteiger partial charge in [-0.05, 0) is 29.9 Å². The van der Waals surface area contributed by atoms with Crippen LogP contribution in [0.5, 0.6) is 0 Å². The second kappa shape index (κ2) is 9.80. The molecule has 3 rings (SSSR count). The molecule has 0 radical (unpaired) electrons. The van der Waals surface area contributed by atoms with Gasteiger partial charge in [-0.15, -0.1) is 0 Å². The van der Waals surface area contributed by atoms with Gasteiger partial charge in [0.05, 0.1) is 11.6 Å². The van der Waals surface area contributed by atoms with Crippen LogP contribution in [0.2, 0.25) is 15.1 Å². The van der Waals surface area contributed by atoms with Gasteiger partial charge in [-0.25, -0.2) is 4.98 Å². The van der Waals surface area contributed by atoms with Gasteiger partial charge in [0, 0.05) is 39.6 Å². The van der Waals surface area contributed by atoms with Crippen molar-refractivity contribution in [3.05, 3.63) is 87.4 Å². The number of hydrogen-bond acceptors (Lipinski definition) is 4. The van der Waals surface area contributed by atoms with Crippen LogP contribution in [0.1, 0.15) is 16.4 Å². The number of rotatable bonds is 6. The SMILES string of the molecule is S=C(OCc1ccccc1)SC(Cn1ccnc1)c1c(Cl)cc(Cl)cc1Cl. The number of halogens is 3. The third-order valence-electron chi connectivity index (χ3n) is 3.74. The lowest BCUT2D eigenvalue weighted by Crippen LogP contribution is -2.10. The Kier molecular flexibility index (Phi) is 7.44. The van der Waals surface area contributed by atoms with E-state index >= 15 is 0 Å². The van der Waals surface area contributed by atoms with E-state index in [1.807, 2.05) is 41.1 Å². The minimum absolute atomic E-state index is 0.153. The molecule has 0 fully saturated rings. The van der Waals surface area contributed by atoms with E-state index in [9.17, 15) is 0 Å². The Balaban J connectivity index is 1.77. The lowest BCUT2D eigenvalue weighted by Gasteiger charge is -2.21. The number of thioether (sulfide) groups is 1.